The maximum atomic E-state index is 5.84. The molecule has 4 atom stereocenters. The zero-order chi connectivity index (χ0) is 12.5. The Kier molecular flexibility index (Phi) is 9.12. The second-order valence-corrected chi connectivity index (χ2v) is 6.96. The van der Waals surface area contributed by atoms with Gasteiger partial charge in [0.1, 0.15) is 0 Å². The van der Waals surface area contributed by atoms with Gasteiger partial charge in [0.05, 0.1) is 12.6 Å². The van der Waals surface area contributed by atoms with E-state index < -0.39 is 0 Å². The molecule has 1 saturated carbocycles. The average molecular weight is 368 g/mol. The molecule has 0 aromatic carbocycles. The van der Waals surface area contributed by atoms with E-state index in [1.54, 1.807) is 0 Å². The first-order valence-electron chi connectivity index (χ1n) is 6.95. The van der Waals surface area contributed by atoms with E-state index in [0.29, 0.717) is 18.5 Å². The molecule has 1 nitrogen and oxygen atoms in total. The first-order chi connectivity index (χ1) is 8.27. The van der Waals surface area contributed by atoms with Crippen molar-refractivity contribution in [2.75, 3.05) is 0 Å². The van der Waals surface area contributed by atoms with Crippen molar-refractivity contribution in [3.63, 3.8) is 0 Å². The molecule has 0 amide bonds. The van der Waals surface area contributed by atoms with E-state index in [2.05, 4.69) is 48.0 Å². The van der Waals surface area contributed by atoms with Gasteiger partial charge in [-0.2, -0.15) is 0 Å². The van der Waals surface area contributed by atoms with Crippen LogP contribution in [0.25, 0.3) is 0 Å². The molecule has 1 aliphatic carbocycles. The minimum atomic E-state index is 0.493. The lowest BCUT2D eigenvalue weighted by Gasteiger charge is -2.14. The van der Waals surface area contributed by atoms with Crippen LogP contribution in [0.4, 0.5) is 0 Å². The number of allylic oxidation sites excluding steroid dienone is 1. The highest BCUT2D eigenvalue weighted by atomic mass is 127. The summed E-state index contributed by atoms with van der Waals surface area (Å²) in [6.07, 6.45) is 14.6. The van der Waals surface area contributed by atoms with Crippen LogP contribution in [0, 0.1) is 11.8 Å². The van der Waals surface area contributed by atoms with Crippen LogP contribution in [-0.2, 0) is 4.52 Å². The molecule has 0 aromatic rings. The van der Waals surface area contributed by atoms with Gasteiger partial charge in [-0.05, 0) is 53.6 Å². The molecule has 1 fully saturated rings. The topological polar surface area (TPSA) is 9.23 Å². The van der Waals surface area contributed by atoms with E-state index in [4.69, 9.17) is 4.52 Å². The third kappa shape index (κ3) is 6.54. The van der Waals surface area contributed by atoms with Crippen molar-refractivity contribution in [3.8, 4) is 0 Å². The lowest BCUT2D eigenvalue weighted by molar-refractivity contribution is 0.210. The molecule has 0 radical (unpaired) electrons. The minimum absolute atomic E-state index is 0.493. The van der Waals surface area contributed by atoms with E-state index in [0.717, 1.165) is 5.92 Å². The first kappa shape index (κ1) is 15.9. The Morgan fingerprint density at radius 1 is 1.29 bits per heavy atom. The normalized spacial score (nSPS) is 29.9. The Morgan fingerprint density at radius 3 is 2.82 bits per heavy atom. The van der Waals surface area contributed by atoms with Gasteiger partial charge >= 0.3 is 0 Å². The second kappa shape index (κ2) is 9.75. The lowest BCUT2D eigenvalue weighted by Crippen LogP contribution is -2.11. The Morgan fingerprint density at radius 2 is 2.12 bits per heavy atom. The summed E-state index contributed by atoms with van der Waals surface area (Å²) in [6, 6.07) is 0. The molecule has 100 valence electrons. The highest BCUT2D eigenvalue weighted by molar-refractivity contribution is 14.2. The van der Waals surface area contributed by atoms with Gasteiger partial charge in [0.25, 0.3) is 0 Å². The van der Waals surface area contributed by atoms with Crippen LogP contribution in [0.5, 0.6) is 0 Å². The maximum Gasteiger partial charge on any atom is 0.0797 e. The molecule has 1 aliphatic rings. The van der Waals surface area contributed by atoms with Crippen LogP contribution in [0.1, 0.15) is 58.8 Å². The molecular weight excluding hydrogens is 342 g/mol. The predicted octanol–water partition coefficient (Wildman–Crippen LogP) is 5.89. The van der Waals surface area contributed by atoms with Crippen molar-refractivity contribution in [1.82, 2.24) is 0 Å². The van der Waals surface area contributed by atoms with E-state index in [1.165, 1.54) is 44.9 Å². The molecule has 0 bridgehead atoms. The molecule has 0 aliphatic heterocycles. The average Bonchev–Trinajstić information content (AvgIpc) is 2.65. The van der Waals surface area contributed by atoms with E-state index in [-0.39, 0.29) is 0 Å². The fourth-order valence-electron chi connectivity index (χ4n) is 2.64. The molecule has 2 unspecified atom stereocenters. The van der Waals surface area contributed by atoms with Crippen molar-refractivity contribution in [2.45, 2.75) is 64.9 Å². The lowest BCUT2D eigenvalue weighted by atomic mass is 10.0. The molecular formula is C14H26IOP. The zero-order valence-corrected chi connectivity index (χ0v) is 14.3. The fraction of sp³-hybridized carbons (Fsp3) is 0.857. The SMILES string of the molecule is CCCCCC/C=C/C1C[C@@H](C)C[C@H]1OPI. The third-order valence-corrected chi connectivity index (χ3v) is 4.74. The Hall–Kier alpha value is 0.860. The van der Waals surface area contributed by atoms with Gasteiger partial charge < -0.3 is 4.52 Å². The number of hydrogen-bond acceptors (Lipinski definition) is 1. The number of halogens is 1. The van der Waals surface area contributed by atoms with Gasteiger partial charge in [-0.3, -0.25) is 0 Å². The van der Waals surface area contributed by atoms with Crippen molar-refractivity contribution in [2.24, 2.45) is 11.8 Å². The highest BCUT2D eigenvalue weighted by Crippen LogP contribution is 2.39. The van der Waals surface area contributed by atoms with E-state index >= 15 is 0 Å². The minimum Gasteiger partial charge on any atom is -0.348 e. The maximum absolute atomic E-state index is 5.84. The summed E-state index contributed by atoms with van der Waals surface area (Å²) in [5, 5.41) is 0. The summed E-state index contributed by atoms with van der Waals surface area (Å²) in [4.78, 5) is 0. The summed E-state index contributed by atoms with van der Waals surface area (Å²) in [7, 11) is 0. The number of hydrogen-bond donors (Lipinski definition) is 0. The summed E-state index contributed by atoms with van der Waals surface area (Å²) in [5.74, 6) is 1.51. The third-order valence-electron chi connectivity index (χ3n) is 3.59. The van der Waals surface area contributed by atoms with Crippen LogP contribution in [0.2, 0.25) is 0 Å². The molecule has 0 N–H and O–H groups in total. The molecule has 3 heteroatoms. The summed E-state index contributed by atoms with van der Waals surface area (Å²) >= 11 is 2.34. The Balaban J connectivity index is 2.21. The number of rotatable bonds is 8. The Bertz CT molecular complexity index is 220. The summed E-state index contributed by atoms with van der Waals surface area (Å²) < 4.78 is 5.84. The van der Waals surface area contributed by atoms with Crippen molar-refractivity contribution < 1.29 is 4.52 Å². The van der Waals surface area contributed by atoms with Crippen LogP contribution in [0.3, 0.4) is 0 Å². The van der Waals surface area contributed by atoms with E-state index in [1.807, 2.05) is 0 Å². The predicted molar refractivity (Wildman–Crippen MR) is 87.0 cm³/mol. The molecule has 0 heterocycles. The van der Waals surface area contributed by atoms with Gasteiger partial charge in [0.2, 0.25) is 0 Å². The van der Waals surface area contributed by atoms with Gasteiger partial charge in [-0.1, -0.05) is 45.3 Å². The first-order valence-corrected chi connectivity index (χ1v) is 11.0. The molecule has 0 spiro atoms. The summed E-state index contributed by atoms with van der Waals surface area (Å²) in [5.41, 5.74) is 0. The largest absolute Gasteiger partial charge is 0.348 e. The van der Waals surface area contributed by atoms with Gasteiger partial charge in [0.15, 0.2) is 0 Å². The highest BCUT2D eigenvalue weighted by Gasteiger charge is 2.30. The van der Waals surface area contributed by atoms with Crippen molar-refractivity contribution in [3.05, 3.63) is 12.2 Å². The van der Waals surface area contributed by atoms with Gasteiger partial charge in [-0.25, -0.2) is 0 Å². The van der Waals surface area contributed by atoms with Crippen molar-refractivity contribution in [1.29, 1.82) is 0 Å². The van der Waals surface area contributed by atoms with Crippen molar-refractivity contribution >= 4 is 28.5 Å². The number of unbranched alkanes of at least 4 members (excludes halogenated alkanes) is 4. The van der Waals surface area contributed by atoms with Crippen LogP contribution < -0.4 is 0 Å². The van der Waals surface area contributed by atoms with Crippen LogP contribution in [0.15, 0.2) is 12.2 Å². The standard InChI is InChI=1S/C14H26IOP/c1-3-4-5-6-7-8-9-13-10-12(2)11-14(13)16-17-15/h8-9,12-14,17H,3-7,10-11H2,1-2H3/b9-8+/t12-,13?,14-/m1/s1. The second-order valence-electron chi connectivity index (χ2n) is 5.25. The van der Waals surface area contributed by atoms with Gasteiger partial charge in [0, 0.05) is 5.92 Å². The summed E-state index contributed by atoms with van der Waals surface area (Å²) in [6.45, 7) is 5.22. The smallest absolute Gasteiger partial charge is 0.0797 e. The quantitative estimate of drug-likeness (QED) is 0.225. The monoisotopic (exact) mass is 368 g/mol. The van der Waals surface area contributed by atoms with Gasteiger partial charge in [-0.15, -0.1) is 0 Å². The molecule has 0 saturated heterocycles. The molecule has 17 heavy (non-hydrogen) atoms. The van der Waals surface area contributed by atoms with Crippen LogP contribution in [-0.4, -0.2) is 6.10 Å². The zero-order valence-electron chi connectivity index (χ0n) is 11.1. The van der Waals surface area contributed by atoms with Crippen LogP contribution >= 0.6 is 28.5 Å². The Labute approximate surface area is 122 Å². The molecule has 0 aromatic heterocycles. The van der Waals surface area contributed by atoms with E-state index in [9.17, 15) is 0 Å². The molecule has 1 rings (SSSR count). The fourth-order valence-corrected chi connectivity index (χ4v) is 4.00.